The van der Waals surface area contributed by atoms with Crippen LogP contribution in [0, 0.1) is 5.92 Å². The number of alkyl carbamates (subject to hydrolysis) is 1. The van der Waals surface area contributed by atoms with Crippen LogP contribution in [0.1, 0.15) is 26.7 Å². The monoisotopic (exact) mass is 288 g/mol. The molecule has 0 aromatic heterocycles. The molecular formula is C13H24N2O5. The number of aliphatic hydroxyl groups excluding tert-OH is 1. The van der Waals surface area contributed by atoms with Gasteiger partial charge < -0.3 is 24.9 Å². The van der Waals surface area contributed by atoms with Gasteiger partial charge in [0.2, 0.25) is 5.91 Å². The number of methoxy groups -OCH3 is 1. The van der Waals surface area contributed by atoms with Gasteiger partial charge in [0, 0.05) is 13.7 Å². The quantitative estimate of drug-likeness (QED) is 0.719. The first-order valence-electron chi connectivity index (χ1n) is 6.56. The summed E-state index contributed by atoms with van der Waals surface area (Å²) < 4.78 is 4.51. The largest absolute Gasteiger partial charge is 0.453 e. The van der Waals surface area contributed by atoms with E-state index >= 15 is 0 Å². The van der Waals surface area contributed by atoms with Crippen LogP contribution in [0.4, 0.5) is 4.79 Å². The Bertz CT molecular complexity index is 333. The molecule has 2 amide bonds. The summed E-state index contributed by atoms with van der Waals surface area (Å²) >= 11 is 0. The van der Waals surface area contributed by atoms with Crippen LogP contribution >= 0.6 is 0 Å². The normalized spacial score (nSPS) is 18.9. The SMILES string of the molecule is CO.COC(=O)NC(C(=O)N1CCC[C@H]1C=O)C(C)C. The van der Waals surface area contributed by atoms with E-state index in [0.29, 0.717) is 13.0 Å². The highest BCUT2D eigenvalue weighted by Gasteiger charge is 2.35. The van der Waals surface area contributed by atoms with Crippen molar-refractivity contribution in [2.45, 2.75) is 38.8 Å². The molecule has 2 N–H and O–H groups in total. The third-order valence-corrected chi connectivity index (χ3v) is 3.13. The number of carbonyl (C=O) groups is 3. The van der Waals surface area contributed by atoms with Crippen molar-refractivity contribution >= 4 is 18.3 Å². The number of likely N-dealkylation sites (tertiary alicyclic amines) is 1. The molecule has 1 rings (SSSR count). The number of aliphatic hydroxyl groups is 1. The van der Waals surface area contributed by atoms with Gasteiger partial charge in [0.1, 0.15) is 12.3 Å². The minimum Gasteiger partial charge on any atom is -0.453 e. The summed E-state index contributed by atoms with van der Waals surface area (Å²) in [5.41, 5.74) is 0. The predicted molar refractivity (Wildman–Crippen MR) is 73.1 cm³/mol. The number of hydrogen-bond acceptors (Lipinski definition) is 5. The maximum atomic E-state index is 12.3. The molecule has 0 spiro atoms. The molecule has 2 atom stereocenters. The van der Waals surface area contributed by atoms with Gasteiger partial charge >= 0.3 is 6.09 Å². The molecule has 1 saturated heterocycles. The maximum Gasteiger partial charge on any atom is 0.407 e. The zero-order chi connectivity index (χ0) is 15.7. The van der Waals surface area contributed by atoms with Crippen LogP contribution in [0.2, 0.25) is 0 Å². The summed E-state index contributed by atoms with van der Waals surface area (Å²) in [6.45, 7) is 4.24. The lowest BCUT2D eigenvalue weighted by Crippen LogP contribution is -2.52. The number of nitrogens with one attached hydrogen (secondary N) is 1. The summed E-state index contributed by atoms with van der Waals surface area (Å²) in [5.74, 6) is -0.283. The van der Waals surface area contributed by atoms with E-state index in [1.54, 1.807) is 0 Å². The van der Waals surface area contributed by atoms with Gasteiger partial charge in [-0.15, -0.1) is 0 Å². The highest BCUT2D eigenvalue weighted by Crippen LogP contribution is 2.18. The molecule has 1 aliphatic heterocycles. The summed E-state index contributed by atoms with van der Waals surface area (Å²) in [6.07, 6.45) is 1.67. The van der Waals surface area contributed by atoms with E-state index in [1.807, 2.05) is 13.8 Å². The summed E-state index contributed by atoms with van der Waals surface area (Å²) in [6, 6.07) is -1.02. The molecular weight excluding hydrogens is 264 g/mol. The Morgan fingerprint density at radius 1 is 1.40 bits per heavy atom. The molecule has 20 heavy (non-hydrogen) atoms. The summed E-state index contributed by atoms with van der Waals surface area (Å²) in [4.78, 5) is 36.0. The van der Waals surface area contributed by atoms with E-state index in [4.69, 9.17) is 5.11 Å². The highest BCUT2D eigenvalue weighted by molar-refractivity contribution is 5.88. The minimum atomic E-state index is -0.655. The predicted octanol–water partition coefficient (Wildman–Crippen LogP) is 0.165. The first kappa shape index (κ1) is 18.4. The van der Waals surface area contributed by atoms with Crippen LogP contribution in [-0.2, 0) is 14.3 Å². The molecule has 0 aromatic rings. The highest BCUT2D eigenvalue weighted by atomic mass is 16.5. The van der Waals surface area contributed by atoms with E-state index in [0.717, 1.165) is 19.8 Å². The molecule has 1 fully saturated rings. The van der Waals surface area contributed by atoms with Crippen LogP contribution in [-0.4, -0.2) is 61.1 Å². The van der Waals surface area contributed by atoms with Crippen molar-refractivity contribution < 1.29 is 24.2 Å². The molecule has 116 valence electrons. The summed E-state index contributed by atoms with van der Waals surface area (Å²) in [7, 11) is 2.25. The fourth-order valence-electron chi connectivity index (χ4n) is 2.09. The molecule has 0 aromatic carbocycles. The minimum absolute atomic E-state index is 0.0653. The summed E-state index contributed by atoms with van der Waals surface area (Å²) in [5, 5.41) is 9.52. The topological polar surface area (TPSA) is 95.9 Å². The van der Waals surface area contributed by atoms with Crippen molar-refractivity contribution in [3.63, 3.8) is 0 Å². The lowest BCUT2D eigenvalue weighted by Gasteiger charge is -2.28. The smallest absolute Gasteiger partial charge is 0.407 e. The average Bonchev–Trinajstić information content (AvgIpc) is 2.93. The third-order valence-electron chi connectivity index (χ3n) is 3.13. The molecule has 1 aliphatic rings. The Morgan fingerprint density at radius 2 is 2.00 bits per heavy atom. The Kier molecular flexibility index (Phi) is 8.54. The molecule has 0 radical (unpaired) electrons. The second-order valence-corrected chi connectivity index (χ2v) is 4.73. The van der Waals surface area contributed by atoms with Crippen LogP contribution in [0.15, 0.2) is 0 Å². The van der Waals surface area contributed by atoms with Crippen LogP contribution in [0.3, 0.4) is 0 Å². The van der Waals surface area contributed by atoms with E-state index in [2.05, 4.69) is 10.1 Å². The van der Waals surface area contributed by atoms with Crippen molar-refractivity contribution in [3.05, 3.63) is 0 Å². The van der Waals surface area contributed by atoms with Gasteiger partial charge in [-0.2, -0.15) is 0 Å². The Morgan fingerprint density at radius 3 is 2.45 bits per heavy atom. The molecule has 1 heterocycles. The number of hydrogen-bond donors (Lipinski definition) is 2. The average molecular weight is 288 g/mol. The number of rotatable bonds is 4. The van der Waals surface area contributed by atoms with Crippen molar-refractivity contribution in [1.29, 1.82) is 0 Å². The first-order valence-corrected chi connectivity index (χ1v) is 6.56. The second-order valence-electron chi connectivity index (χ2n) is 4.73. The number of aldehydes is 1. The van der Waals surface area contributed by atoms with Gasteiger partial charge in [0.05, 0.1) is 13.2 Å². The molecule has 0 bridgehead atoms. The lowest BCUT2D eigenvalue weighted by molar-refractivity contribution is -0.137. The van der Waals surface area contributed by atoms with Crippen molar-refractivity contribution in [3.8, 4) is 0 Å². The molecule has 0 saturated carbocycles. The van der Waals surface area contributed by atoms with Crippen molar-refractivity contribution in [2.75, 3.05) is 20.8 Å². The fraction of sp³-hybridized carbons (Fsp3) is 0.769. The van der Waals surface area contributed by atoms with Gasteiger partial charge in [-0.25, -0.2) is 4.79 Å². The van der Waals surface area contributed by atoms with Crippen LogP contribution in [0.25, 0.3) is 0 Å². The van der Waals surface area contributed by atoms with Gasteiger partial charge in [-0.1, -0.05) is 13.8 Å². The van der Waals surface area contributed by atoms with E-state index in [1.165, 1.54) is 12.0 Å². The second kappa shape index (κ2) is 9.30. The number of amides is 2. The van der Waals surface area contributed by atoms with Gasteiger partial charge in [0.15, 0.2) is 0 Å². The van der Waals surface area contributed by atoms with Crippen LogP contribution in [0.5, 0.6) is 0 Å². The van der Waals surface area contributed by atoms with Gasteiger partial charge in [-0.3, -0.25) is 4.79 Å². The van der Waals surface area contributed by atoms with Crippen LogP contribution < -0.4 is 5.32 Å². The maximum absolute atomic E-state index is 12.3. The zero-order valence-electron chi connectivity index (χ0n) is 12.5. The number of ether oxygens (including phenoxy) is 1. The molecule has 0 aliphatic carbocycles. The lowest BCUT2D eigenvalue weighted by atomic mass is 10.0. The molecule has 7 heteroatoms. The van der Waals surface area contributed by atoms with Gasteiger partial charge in [-0.05, 0) is 18.8 Å². The van der Waals surface area contributed by atoms with E-state index < -0.39 is 12.1 Å². The third kappa shape index (κ3) is 4.80. The number of nitrogens with zero attached hydrogens (tertiary/aromatic N) is 1. The fourth-order valence-corrected chi connectivity index (χ4v) is 2.09. The van der Waals surface area contributed by atoms with Crippen molar-refractivity contribution in [1.82, 2.24) is 10.2 Å². The Hall–Kier alpha value is -1.63. The first-order chi connectivity index (χ1) is 9.51. The van der Waals surface area contributed by atoms with E-state index in [-0.39, 0.29) is 17.9 Å². The Labute approximate surface area is 119 Å². The van der Waals surface area contributed by atoms with Crippen molar-refractivity contribution in [2.24, 2.45) is 5.92 Å². The number of carbonyl (C=O) groups excluding carboxylic acids is 3. The molecule has 1 unspecified atom stereocenters. The standard InChI is InChI=1S/C12H20N2O4.CH4O/c1-8(2)10(13-12(17)18-3)11(16)14-6-4-5-9(14)7-15;1-2/h7-10H,4-6H2,1-3H3,(H,13,17);2H,1H3/t9-,10?;/m0./s1. The van der Waals surface area contributed by atoms with E-state index in [9.17, 15) is 14.4 Å². The Balaban J connectivity index is 0.00000172. The zero-order valence-corrected chi connectivity index (χ0v) is 12.5. The van der Waals surface area contributed by atoms with Gasteiger partial charge in [0.25, 0.3) is 0 Å². The molecule has 7 nitrogen and oxygen atoms in total.